The molecule has 0 aromatic rings. The van der Waals surface area contributed by atoms with Gasteiger partial charge < -0.3 is 10.1 Å². The van der Waals surface area contributed by atoms with Crippen molar-refractivity contribution >= 4 is 0 Å². The van der Waals surface area contributed by atoms with Gasteiger partial charge in [-0.1, -0.05) is 20.3 Å². The summed E-state index contributed by atoms with van der Waals surface area (Å²) in [5.41, 5.74) is 0.0400. The Hall–Kier alpha value is -0.660. The third-order valence-electron chi connectivity index (χ3n) is 2.56. The molecular formula is C12H25NO. The van der Waals surface area contributed by atoms with Gasteiger partial charge in [-0.05, 0) is 39.2 Å². The summed E-state index contributed by atoms with van der Waals surface area (Å²) < 4.78 is 5.72. The van der Waals surface area contributed by atoms with Crippen LogP contribution in [0.25, 0.3) is 0 Å². The zero-order chi connectivity index (χ0) is 11.0. The first-order valence-electron chi connectivity index (χ1n) is 5.72. The lowest BCUT2D eigenvalue weighted by Crippen LogP contribution is -2.33. The second-order valence-corrected chi connectivity index (χ2v) is 3.79. The van der Waals surface area contributed by atoms with E-state index in [1.807, 2.05) is 20.9 Å². The molecular weight excluding hydrogens is 174 g/mol. The van der Waals surface area contributed by atoms with E-state index in [0.29, 0.717) is 5.88 Å². The third-order valence-corrected chi connectivity index (χ3v) is 2.56. The first-order chi connectivity index (χ1) is 6.66. The van der Waals surface area contributed by atoms with Crippen molar-refractivity contribution in [3.05, 3.63) is 12.5 Å². The van der Waals surface area contributed by atoms with Crippen LogP contribution in [0.15, 0.2) is 12.5 Å². The van der Waals surface area contributed by atoms with Crippen molar-refractivity contribution in [2.24, 2.45) is 0 Å². The second kappa shape index (κ2) is 6.74. The highest BCUT2D eigenvalue weighted by molar-refractivity contribution is 4.87. The van der Waals surface area contributed by atoms with Gasteiger partial charge in [0.05, 0.1) is 0 Å². The van der Waals surface area contributed by atoms with Crippen molar-refractivity contribution in [2.75, 3.05) is 7.05 Å². The lowest BCUT2D eigenvalue weighted by atomic mass is 9.86. The molecule has 0 amide bonds. The van der Waals surface area contributed by atoms with Crippen molar-refractivity contribution in [1.29, 1.82) is 0 Å². The van der Waals surface area contributed by atoms with Crippen LogP contribution in [0.5, 0.6) is 0 Å². The molecule has 14 heavy (non-hydrogen) atoms. The summed E-state index contributed by atoms with van der Waals surface area (Å²) in [6, 6.07) is 0. The van der Waals surface area contributed by atoms with E-state index in [0.717, 1.165) is 12.8 Å². The van der Waals surface area contributed by atoms with Crippen LogP contribution in [0.3, 0.4) is 0 Å². The number of hydrogen-bond donors (Lipinski definition) is 1. The van der Waals surface area contributed by atoms with Gasteiger partial charge in [-0.25, -0.2) is 0 Å². The van der Waals surface area contributed by atoms with E-state index < -0.39 is 0 Å². The summed E-state index contributed by atoms with van der Waals surface area (Å²) in [6.45, 7) is 9.95. The molecule has 1 rings (SSSR count). The predicted molar refractivity (Wildman–Crippen MR) is 62.1 cm³/mol. The quantitative estimate of drug-likeness (QED) is 0.703. The standard InChI is InChI=1S/C10H19NO.C2H6/c1-9(11-3)12-10(2)7-5-4-6-8-10;1-2/h11H,1,4-8H2,2-3H3;1-2H3. The maximum atomic E-state index is 5.72. The Morgan fingerprint density at radius 3 is 2.14 bits per heavy atom. The van der Waals surface area contributed by atoms with Gasteiger partial charge in [0.15, 0.2) is 5.88 Å². The molecule has 1 aliphatic rings. The average Bonchev–Trinajstić information content (AvgIpc) is 2.21. The number of rotatable bonds is 3. The molecule has 1 fully saturated rings. The molecule has 0 aromatic heterocycles. The molecule has 0 spiro atoms. The summed E-state index contributed by atoms with van der Waals surface area (Å²) >= 11 is 0. The van der Waals surface area contributed by atoms with E-state index in [9.17, 15) is 0 Å². The summed E-state index contributed by atoms with van der Waals surface area (Å²) in [7, 11) is 1.84. The van der Waals surface area contributed by atoms with Gasteiger partial charge in [-0.15, -0.1) is 0 Å². The van der Waals surface area contributed by atoms with Crippen LogP contribution in [0, 0.1) is 0 Å². The van der Waals surface area contributed by atoms with Crippen LogP contribution in [0.4, 0.5) is 0 Å². The molecule has 0 saturated heterocycles. The lowest BCUT2D eigenvalue weighted by molar-refractivity contribution is -0.0188. The maximum absolute atomic E-state index is 5.72. The first kappa shape index (κ1) is 13.3. The highest BCUT2D eigenvalue weighted by Gasteiger charge is 2.28. The zero-order valence-corrected chi connectivity index (χ0v) is 10.2. The van der Waals surface area contributed by atoms with Crippen LogP contribution < -0.4 is 5.32 Å². The molecule has 1 saturated carbocycles. The molecule has 0 radical (unpaired) electrons. The van der Waals surface area contributed by atoms with Crippen LogP contribution >= 0.6 is 0 Å². The summed E-state index contributed by atoms with van der Waals surface area (Å²) in [6.07, 6.45) is 6.24. The fourth-order valence-electron chi connectivity index (χ4n) is 1.75. The van der Waals surface area contributed by atoms with Crippen LogP contribution in [-0.2, 0) is 4.74 Å². The average molecular weight is 199 g/mol. The Balaban J connectivity index is 0.000000791. The third kappa shape index (κ3) is 4.54. The Bertz CT molecular complexity index is 160. The molecule has 0 bridgehead atoms. The Morgan fingerprint density at radius 1 is 1.21 bits per heavy atom. The van der Waals surface area contributed by atoms with Crippen molar-refractivity contribution < 1.29 is 4.74 Å². The predicted octanol–water partition coefficient (Wildman–Crippen LogP) is 3.44. The molecule has 0 aromatic carbocycles. The SMILES string of the molecule is C=C(NC)OC1(C)CCCCC1.CC. The maximum Gasteiger partial charge on any atom is 0.179 e. The molecule has 0 unspecified atom stereocenters. The van der Waals surface area contributed by atoms with Crippen molar-refractivity contribution in [1.82, 2.24) is 5.32 Å². The Kier molecular flexibility index (Phi) is 6.43. The van der Waals surface area contributed by atoms with Gasteiger partial charge in [0.2, 0.25) is 0 Å². The van der Waals surface area contributed by atoms with Crippen molar-refractivity contribution in [3.63, 3.8) is 0 Å². The van der Waals surface area contributed by atoms with E-state index in [1.165, 1.54) is 19.3 Å². The van der Waals surface area contributed by atoms with Crippen molar-refractivity contribution in [3.8, 4) is 0 Å². The number of nitrogens with one attached hydrogen (secondary N) is 1. The van der Waals surface area contributed by atoms with Gasteiger partial charge in [0.25, 0.3) is 0 Å². The van der Waals surface area contributed by atoms with Gasteiger partial charge in [0, 0.05) is 7.05 Å². The smallest absolute Gasteiger partial charge is 0.179 e. The van der Waals surface area contributed by atoms with E-state index in [2.05, 4.69) is 18.8 Å². The van der Waals surface area contributed by atoms with E-state index in [1.54, 1.807) is 0 Å². The molecule has 0 heterocycles. The number of ether oxygens (including phenoxy) is 1. The highest BCUT2D eigenvalue weighted by Crippen LogP contribution is 2.31. The molecule has 0 aliphatic heterocycles. The topological polar surface area (TPSA) is 21.3 Å². The Labute approximate surface area is 88.7 Å². The molecule has 0 atom stereocenters. The minimum absolute atomic E-state index is 0.0400. The van der Waals surface area contributed by atoms with E-state index in [4.69, 9.17) is 4.74 Å². The van der Waals surface area contributed by atoms with Gasteiger partial charge in [-0.3, -0.25) is 0 Å². The molecule has 1 aliphatic carbocycles. The minimum atomic E-state index is 0.0400. The Morgan fingerprint density at radius 2 is 1.71 bits per heavy atom. The van der Waals surface area contributed by atoms with Crippen LogP contribution in [0.1, 0.15) is 52.9 Å². The second-order valence-electron chi connectivity index (χ2n) is 3.79. The fourth-order valence-corrected chi connectivity index (χ4v) is 1.75. The summed E-state index contributed by atoms with van der Waals surface area (Å²) in [5.74, 6) is 0.694. The zero-order valence-electron chi connectivity index (χ0n) is 10.2. The van der Waals surface area contributed by atoms with E-state index in [-0.39, 0.29) is 5.60 Å². The largest absolute Gasteiger partial charge is 0.474 e. The van der Waals surface area contributed by atoms with Gasteiger partial charge in [-0.2, -0.15) is 0 Å². The summed E-state index contributed by atoms with van der Waals surface area (Å²) in [4.78, 5) is 0. The van der Waals surface area contributed by atoms with Gasteiger partial charge in [0.1, 0.15) is 5.60 Å². The molecule has 84 valence electrons. The normalized spacial score (nSPS) is 18.9. The molecule has 2 heteroatoms. The molecule has 2 nitrogen and oxygen atoms in total. The lowest BCUT2D eigenvalue weighted by Gasteiger charge is -2.34. The van der Waals surface area contributed by atoms with Crippen molar-refractivity contribution in [2.45, 2.75) is 58.5 Å². The monoisotopic (exact) mass is 199 g/mol. The fraction of sp³-hybridized carbons (Fsp3) is 0.833. The van der Waals surface area contributed by atoms with E-state index >= 15 is 0 Å². The van der Waals surface area contributed by atoms with Crippen LogP contribution in [-0.4, -0.2) is 12.6 Å². The minimum Gasteiger partial charge on any atom is -0.474 e. The highest BCUT2D eigenvalue weighted by atomic mass is 16.5. The summed E-state index contributed by atoms with van der Waals surface area (Å²) in [5, 5.41) is 2.92. The number of hydrogen-bond acceptors (Lipinski definition) is 2. The first-order valence-corrected chi connectivity index (χ1v) is 5.72. The molecule has 1 N–H and O–H groups in total. The van der Waals surface area contributed by atoms with Gasteiger partial charge >= 0.3 is 0 Å². The van der Waals surface area contributed by atoms with Crippen LogP contribution in [0.2, 0.25) is 0 Å².